The number of hydrogen-bond donors (Lipinski definition) is 5. The Hall–Kier alpha value is -5.34. The van der Waals surface area contributed by atoms with E-state index in [0.29, 0.717) is 17.7 Å². The van der Waals surface area contributed by atoms with E-state index in [2.05, 4.69) is 41.6 Å². The van der Waals surface area contributed by atoms with Gasteiger partial charge < -0.3 is 20.4 Å². The number of aromatic nitrogens is 1. The maximum atomic E-state index is 13.7. The normalized spacial score (nSPS) is 11.8. The lowest BCUT2D eigenvalue weighted by Crippen LogP contribution is -2.41. The minimum atomic E-state index is -0.609. The van der Waals surface area contributed by atoms with Crippen LogP contribution in [0.1, 0.15) is 32.6 Å². The van der Waals surface area contributed by atoms with Gasteiger partial charge in [0, 0.05) is 28.9 Å². The van der Waals surface area contributed by atoms with E-state index in [4.69, 9.17) is 9.94 Å². The van der Waals surface area contributed by atoms with Crippen LogP contribution in [-0.2, 0) is 11.2 Å². The highest BCUT2D eigenvalue weighted by Gasteiger charge is 2.20. The summed E-state index contributed by atoms with van der Waals surface area (Å²) in [5.74, 6) is -0.189. The van der Waals surface area contributed by atoms with Crippen LogP contribution in [0.4, 0.5) is 11.4 Å². The van der Waals surface area contributed by atoms with Crippen LogP contribution >= 0.6 is 0 Å². The molecule has 1 heterocycles. The summed E-state index contributed by atoms with van der Waals surface area (Å²) in [5.41, 5.74) is 8.95. The number of rotatable bonds is 11. The first-order valence-electron chi connectivity index (χ1n) is 14.0. The Balaban J connectivity index is 1.35. The second-order valence-electron chi connectivity index (χ2n) is 10.3. The number of aryl methyl sites for hydroxylation is 1. The van der Waals surface area contributed by atoms with Crippen molar-refractivity contribution in [2.24, 2.45) is 0 Å². The molecule has 0 radical (unpaired) electrons. The Labute approximate surface area is 250 Å². The lowest BCUT2D eigenvalue weighted by Gasteiger charge is -2.21. The molecule has 5 N–H and O–H groups in total. The number of anilines is 2. The van der Waals surface area contributed by atoms with Gasteiger partial charge in [-0.15, -0.1) is 0 Å². The van der Waals surface area contributed by atoms with Gasteiger partial charge in [0.05, 0.1) is 17.3 Å². The highest BCUT2D eigenvalue weighted by atomic mass is 16.5. The van der Waals surface area contributed by atoms with Crippen molar-refractivity contribution >= 4 is 40.2 Å². The molecule has 218 valence electrons. The Morgan fingerprint density at radius 3 is 2.47 bits per heavy atom. The summed E-state index contributed by atoms with van der Waals surface area (Å²) in [6, 6.07) is 28.5. The van der Waals surface area contributed by atoms with Gasteiger partial charge >= 0.3 is 0 Å². The number of hydrogen-bond acceptors (Lipinski definition) is 5. The fraction of sp³-hybridized carbons (Fsp3) is 0.143. The third kappa shape index (κ3) is 7.30. The number of hydroxylamine groups is 1. The van der Waals surface area contributed by atoms with E-state index in [1.807, 2.05) is 60.8 Å². The van der Waals surface area contributed by atoms with Crippen molar-refractivity contribution in [2.45, 2.75) is 26.3 Å². The number of amides is 2. The molecule has 0 fully saturated rings. The van der Waals surface area contributed by atoms with E-state index < -0.39 is 5.91 Å². The van der Waals surface area contributed by atoms with Crippen LogP contribution in [0, 0.1) is 13.8 Å². The number of ether oxygens (including phenoxy) is 1. The first-order valence-corrected chi connectivity index (χ1v) is 14.0. The number of nitrogens with one attached hydrogen (secondary N) is 4. The van der Waals surface area contributed by atoms with Crippen LogP contribution in [0.3, 0.4) is 0 Å². The topological polar surface area (TPSA) is 115 Å². The number of aromatic amines is 1. The number of para-hydroxylation sites is 2. The molecule has 5 aromatic rings. The molecule has 43 heavy (non-hydrogen) atoms. The number of carbonyl (C=O) groups is 2. The van der Waals surface area contributed by atoms with Gasteiger partial charge in [-0.3, -0.25) is 14.8 Å². The molecule has 4 aromatic carbocycles. The fourth-order valence-corrected chi connectivity index (χ4v) is 4.88. The minimum Gasteiger partial charge on any atom is -0.491 e. The van der Waals surface area contributed by atoms with Crippen LogP contribution in [0.15, 0.2) is 103 Å². The van der Waals surface area contributed by atoms with Crippen molar-refractivity contribution < 1.29 is 19.5 Å². The minimum absolute atomic E-state index is 0.204. The highest BCUT2D eigenvalue weighted by Crippen LogP contribution is 2.26. The van der Waals surface area contributed by atoms with Crippen molar-refractivity contribution in [3.8, 4) is 5.75 Å². The molecule has 2 amide bonds. The zero-order valence-electron chi connectivity index (χ0n) is 24.1. The van der Waals surface area contributed by atoms with Gasteiger partial charge in [-0.1, -0.05) is 54.6 Å². The molecule has 0 unspecified atom stereocenters. The van der Waals surface area contributed by atoms with Crippen LogP contribution in [0.2, 0.25) is 0 Å². The summed E-state index contributed by atoms with van der Waals surface area (Å²) in [7, 11) is 0. The molecule has 0 spiro atoms. The molecule has 0 bridgehead atoms. The zero-order valence-corrected chi connectivity index (χ0v) is 24.1. The van der Waals surface area contributed by atoms with Gasteiger partial charge in [-0.25, -0.2) is 5.48 Å². The van der Waals surface area contributed by atoms with Gasteiger partial charge in [-0.05, 0) is 85.0 Å². The van der Waals surface area contributed by atoms with E-state index >= 15 is 0 Å². The van der Waals surface area contributed by atoms with Crippen LogP contribution in [0.5, 0.6) is 5.75 Å². The van der Waals surface area contributed by atoms with E-state index in [9.17, 15) is 9.59 Å². The monoisotopic (exact) mass is 574 g/mol. The molecule has 1 aromatic heterocycles. The van der Waals surface area contributed by atoms with Crippen molar-refractivity contribution in [3.63, 3.8) is 0 Å². The predicted molar refractivity (Wildman–Crippen MR) is 170 cm³/mol. The van der Waals surface area contributed by atoms with Gasteiger partial charge in [-0.2, -0.15) is 0 Å². The summed E-state index contributed by atoms with van der Waals surface area (Å²) in [5, 5.41) is 16.4. The van der Waals surface area contributed by atoms with Gasteiger partial charge in [0.2, 0.25) is 0 Å². The summed E-state index contributed by atoms with van der Waals surface area (Å²) in [4.78, 5) is 28.3. The molecule has 0 aliphatic heterocycles. The standard InChI is InChI=1S/C35H34N4O4/c1-23-8-7-13-31(24(23)2)38-33-12-6-4-10-30(33)35(41)37-27(20-26-21-36-32-11-5-3-9-29(26)32)22-43-28-17-14-25(15-18-28)16-19-34(40)39-42/h3-19,21,27,36,38,42H,20,22H2,1-2H3,(H,37,41)(H,39,40)/b19-16+/t27-/m0/s1. The third-order valence-electron chi connectivity index (χ3n) is 7.39. The zero-order chi connectivity index (χ0) is 30.2. The fourth-order valence-electron chi connectivity index (χ4n) is 4.88. The Bertz CT molecular complexity index is 1760. The number of fused-ring (bicyclic) bond motifs is 1. The van der Waals surface area contributed by atoms with Gasteiger partial charge in [0.25, 0.3) is 11.8 Å². The molecule has 0 aliphatic rings. The van der Waals surface area contributed by atoms with E-state index in [1.165, 1.54) is 11.6 Å². The molecule has 1 atom stereocenters. The van der Waals surface area contributed by atoms with Gasteiger partial charge in [0.15, 0.2) is 0 Å². The summed E-state index contributed by atoms with van der Waals surface area (Å²) >= 11 is 0. The predicted octanol–water partition coefficient (Wildman–Crippen LogP) is 6.47. The van der Waals surface area contributed by atoms with Crippen molar-refractivity contribution in [3.05, 3.63) is 131 Å². The first kappa shape index (κ1) is 29.2. The molecule has 8 heteroatoms. The molecule has 0 saturated carbocycles. The summed E-state index contributed by atoms with van der Waals surface area (Å²) < 4.78 is 6.14. The van der Waals surface area contributed by atoms with Crippen molar-refractivity contribution in [1.82, 2.24) is 15.8 Å². The first-order chi connectivity index (χ1) is 20.9. The lowest BCUT2D eigenvalue weighted by molar-refractivity contribution is -0.124. The molecule has 0 saturated heterocycles. The smallest absolute Gasteiger partial charge is 0.267 e. The van der Waals surface area contributed by atoms with Crippen molar-refractivity contribution in [1.29, 1.82) is 0 Å². The second-order valence-corrected chi connectivity index (χ2v) is 10.3. The molecule has 8 nitrogen and oxygen atoms in total. The number of carbonyl (C=O) groups excluding carboxylic acids is 2. The highest BCUT2D eigenvalue weighted by molar-refractivity contribution is 6.00. The van der Waals surface area contributed by atoms with Crippen LogP contribution < -0.4 is 20.9 Å². The maximum Gasteiger partial charge on any atom is 0.267 e. The largest absolute Gasteiger partial charge is 0.491 e. The Morgan fingerprint density at radius 1 is 0.907 bits per heavy atom. The number of benzene rings is 4. The number of H-pyrrole nitrogens is 1. The Morgan fingerprint density at radius 2 is 1.65 bits per heavy atom. The third-order valence-corrected chi connectivity index (χ3v) is 7.39. The average molecular weight is 575 g/mol. The van der Waals surface area contributed by atoms with Gasteiger partial charge in [0.1, 0.15) is 12.4 Å². The van der Waals surface area contributed by atoms with E-state index in [-0.39, 0.29) is 18.6 Å². The SMILES string of the molecule is Cc1cccc(Nc2ccccc2C(=O)N[C@H](COc2ccc(/C=C/C(=O)NO)cc2)Cc2c[nH]c3ccccc23)c1C. The van der Waals surface area contributed by atoms with Crippen LogP contribution in [0.25, 0.3) is 17.0 Å². The molecule has 0 aliphatic carbocycles. The summed E-state index contributed by atoms with van der Waals surface area (Å²) in [6.07, 6.45) is 5.34. The van der Waals surface area contributed by atoms with E-state index in [1.54, 1.807) is 35.8 Å². The Kier molecular flexibility index (Phi) is 9.19. The van der Waals surface area contributed by atoms with Crippen LogP contribution in [-0.4, -0.2) is 34.7 Å². The van der Waals surface area contributed by atoms with Crippen molar-refractivity contribution in [2.75, 3.05) is 11.9 Å². The molecule has 5 rings (SSSR count). The lowest BCUT2D eigenvalue weighted by atomic mass is 10.0. The molecular formula is C35H34N4O4. The summed E-state index contributed by atoms with van der Waals surface area (Å²) in [6.45, 7) is 4.36. The quantitative estimate of drug-likeness (QED) is 0.0705. The van der Waals surface area contributed by atoms with E-state index in [0.717, 1.165) is 39.0 Å². The second kappa shape index (κ2) is 13.5. The maximum absolute atomic E-state index is 13.7. The molecular weight excluding hydrogens is 540 g/mol. The average Bonchev–Trinajstić information content (AvgIpc) is 3.44.